The van der Waals surface area contributed by atoms with Crippen LogP contribution < -0.4 is 10.6 Å². The van der Waals surface area contributed by atoms with E-state index in [1.807, 2.05) is 0 Å². The van der Waals surface area contributed by atoms with E-state index in [4.69, 9.17) is 47.3 Å². The SMILES string of the molecule is C=C(N=C(O)C(=C)N=C(O)c1csc([C@H]2CC[C@]34N=C(O)[C@H](C)N=C(O)C(=C)N=C(O)C(C)N=C(O)C(C(C)C)NC5C=Cc6c(C(C)O)cc(nc6[C@H]5O)C(=O)OC(C)C(N=C(S)c5csc(n5)C(C(C)(O)C(C)O)N=C(O)C5CSC(=N5)/C(=C/C)N=C(O)C(C(C)O)N=C(O)c5csc3n5)c3nc(cs3)[C@H]4N2)n1)C(=O)OC. The molecule has 1 fully saturated rings. The molecule has 16 N–H and O–H groups in total. The third-order valence-electron chi connectivity index (χ3n) is 18.8. The van der Waals surface area contributed by atoms with E-state index in [9.17, 15) is 76.3 Å². The molecule has 42 heteroatoms. The predicted octanol–water partition coefficient (Wildman–Crippen LogP) is 8.89. The van der Waals surface area contributed by atoms with E-state index in [0.717, 1.165) is 64.2 Å². The van der Waals surface area contributed by atoms with Gasteiger partial charge in [0.05, 0.1) is 66.7 Å². The molecule has 5 aromatic rings. The second-order valence-electron chi connectivity index (χ2n) is 27.5. The van der Waals surface area contributed by atoms with Gasteiger partial charge in [0.25, 0.3) is 0 Å². The van der Waals surface area contributed by atoms with Gasteiger partial charge in [-0.15, -0.1) is 69.7 Å². The smallest absolute Gasteiger partial charge is 0.357 e. The zero-order valence-corrected chi connectivity index (χ0v) is 68.1. The molecule has 1 aliphatic carbocycles. The van der Waals surface area contributed by atoms with Crippen molar-refractivity contribution in [3.8, 4) is 0 Å². The fourth-order valence-electron chi connectivity index (χ4n) is 12.1. The molecule has 17 atom stereocenters. The van der Waals surface area contributed by atoms with Gasteiger partial charge in [-0.05, 0) is 85.8 Å². The molecular formula is C72H86N18O18S6. The Kier molecular flexibility index (Phi) is 27.4. The van der Waals surface area contributed by atoms with Crippen LogP contribution in [0, 0.1) is 5.92 Å². The van der Waals surface area contributed by atoms with E-state index < -0.39 is 190 Å². The third kappa shape index (κ3) is 19.0. The Morgan fingerprint density at radius 2 is 1.47 bits per heavy atom. The minimum absolute atomic E-state index is 0.0104. The van der Waals surface area contributed by atoms with Crippen LogP contribution in [0.15, 0.2) is 137 Å². The highest BCUT2D eigenvalue weighted by molar-refractivity contribution is 8.14. The molecule has 10 rings (SSSR count). The Morgan fingerprint density at radius 3 is 2.15 bits per heavy atom. The summed E-state index contributed by atoms with van der Waals surface area (Å²) < 4.78 is 11.0. The number of thioether (sulfide) groups is 1. The Balaban J connectivity index is 1.23. The first-order chi connectivity index (χ1) is 53.7. The molecule has 4 aliphatic heterocycles. The maximum absolute atomic E-state index is 15.1. The monoisotopic (exact) mass is 1680 g/mol. The summed E-state index contributed by atoms with van der Waals surface area (Å²) in [4.78, 5) is 99.8. The number of thiol groups is 1. The number of nitrogens with one attached hydrogen (secondary N) is 2. The van der Waals surface area contributed by atoms with Gasteiger partial charge in [0.1, 0.15) is 124 Å². The van der Waals surface area contributed by atoms with E-state index in [1.54, 1.807) is 38.3 Å². The zero-order chi connectivity index (χ0) is 83.4. The summed E-state index contributed by atoms with van der Waals surface area (Å²) >= 11 is 9.90. The van der Waals surface area contributed by atoms with Crippen LogP contribution in [0.25, 0.3) is 6.08 Å². The lowest BCUT2D eigenvalue weighted by Gasteiger charge is -2.43. The van der Waals surface area contributed by atoms with Gasteiger partial charge >= 0.3 is 11.9 Å². The molecule has 13 bridgehead atoms. The zero-order valence-electron chi connectivity index (χ0n) is 63.1. The standard InChI is InChI=1S/C72H86N18O18S6/c1-15-38-64-83-44(23-110-64)60(101)89-53(71(13,106)35(12)93)67-85-46(25-113-67)63(109)88-49-34(11)108-69(105)41-20-37(32(9)91)36-16-17-39(51(94)50(36)79-41)78-47(26(2)3)61(102)76-29(6)55(96)73-27(4)54(95)74-30(7)57(98)90-72(70-86-45(24-114-70)59(100)87-48(33(10)92)62(103)81-38)19-18-40(80-52(72)42-21-112-66(49)82-42)65-84-43(22-111-65)58(99)75-28(5)56(97)77-31(8)68(104)107-14/h15-17,20-22,24-26,29-30,32-35,39-40,44,47-49,51-53,78,80,91-94,106H,4-5,8,18-19,23H2,1-3,6-7,9-14H3,(H,73,96)(H,74,95)(H,75,99)(H,76,102)(H,77,97)(H,81,103)(H,87,100)(H,88,109)(H,89,101)(H,90,98)/b38-15-/t29?,30-,32?,33?,34?,35?,39?,40+,44?,47?,48?,49?,51-,52+,53?,71?,72+/m0/s1. The van der Waals surface area contributed by atoms with Crippen molar-refractivity contribution in [3.63, 3.8) is 0 Å². The number of methoxy groups -OCH3 is 1. The molecule has 114 heavy (non-hydrogen) atoms. The number of nitrogens with zero attached hydrogens (tertiary/aromatic N) is 16. The van der Waals surface area contributed by atoms with Gasteiger partial charge in [-0.3, -0.25) is 20.6 Å². The highest BCUT2D eigenvalue weighted by Crippen LogP contribution is 2.51. The number of ether oxygens (including phenoxy) is 2. The van der Waals surface area contributed by atoms with Gasteiger partial charge in [-0.1, -0.05) is 51.8 Å². The van der Waals surface area contributed by atoms with E-state index >= 15 is 4.79 Å². The number of aromatic nitrogens is 5. The topological polar surface area (TPSA) is 560 Å². The summed E-state index contributed by atoms with van der Waals surface area (Å²) in [6, 6.07) is -11.6. The first-order valence-electron chi connectivity index (χ1n) is 35.3. The summed E-state index contributed by atoms with van der Waals surface area (Å²) in [6.45, 7) is 25.5. The van der Waals surface area contributed by atoms with Crippen LogP contribution >= 0.6 is 69.7 Å². The van der Waals surface area contributed by atoms with Gasteiger partial charge in [-0.25, -0.2) is 79.4 Å². The Morgan fingerprint density at radius 1 is 0.781 bits per heavy atom. The fourth-order valence-corrected chi connectivity index (χ4v) is 17.3. The molecule has 9 heterocycles. The number of carbonyl (C=O) groups excluding carboxylic acids is 2. The van der Waals surface area contributed by atoms with Crippen LogP contribution in [0.3, 0.4) is 0 Å². The number of esters is 2. The summed E-state index contributed by atoms with van der Waals surface area (Å²) in [5.41, 5.74) is -5.89. The van der Waals surface area contributed by atoms with Crippen molar-refractivity contribution >= 4 is 151 Å². The first-order valence-corrected chi connectivity index (χ1v) is 40.2. The highest BCUT2D eigenvalue weighted by atomic mass is 32.2. The predicted molar refractivity (Wildman–Crippen MR) is 441 cm³/mol. The third-order valence-corrected chi connectivity index (χ3v) is 24.0. The highest BCUT2D eigenvalue weighted by Gasteiger charge is 2.52. The first kappa shape index (κ1) is 86.7. The molecule has 0 amide bonds. The number of hydrogen-bond donors (Lipinski definition) is 17. The van der Waals surface area contributed by atoms with E-state index in [2.05, 4.69) is 85.0 Å². The number of aliphatic hydroxyl groups excluding tert-OH is 13. The van der Waals surface area contributed by atoms with Crippen molar-refractivity contribution in [2.24, 2.45) is 60.8 Å². The number of fused-ring (bicyclic) bond motifs is 7. The van der Waals surface area contributed by atoms with Crippen LogP contribution in [0.1, 0.15) is 189 Å². The molecule has 608 valence electrons. The van der Waals surface area contributed by atoms with Crippen molar-refractivity contribution in [1.29, 1.82) is 0 Å². The van der Waals surface area contributed by atoms with E-state index in [0.29, 0.717) is 0 Å². The molecule has 36 nitrogen and oxygen atoms in total. The number of aliphatic imine (C=N–C) groups is 11. The average molecular weight is 1680 g/mol. The van der Waals surface area contributed by atoms with Crippen LogP contribution in [0.4, 0.5) is 0 Å². The molecule has 0 saturated carbocycles. The minimum atomic E-state index is -2.14. The number of allylic oxidation sites excluding steroid dienone is 1. The number of thiazole rings is 4. The van der Waals surface area contributed by atoms with Crippen LogP contribution in [-0.2, 0) is 19.8 Å². The van der Waals surface area contributed by atoms with Crippen LogP contribution in [0.5, 0.6) is 0 Å². The van der Waals surface area contributed by atoms with Gasteiger partial charge in [0, 0.05) is 32.8 Å². The van der Waals surface area contributed by atoms with Crippen molar-refractivity contribution in [2.45, 2.75) is 184 Å². The normalized spacial score (nSPS) is 27.8. The van der Waals surface area contributed by atoms with Crippen LogP contribution in [-0.4, -0.2) is 245 Å². The molecule has 0 aromatic carbocycles. The van der Waals surface area contributed by atoms with Gasteiger partial charge < -0.3 is 81.0 Å². The average Bonchev–Trinajstić information content (AvgIpc) is 1.45. The Hall–Kier alpha value is -9.70. The van der Waals surface area contributed by atoms with Crippen molar-refractivity contribution in [2.75, 3.05) is 12.9 Å². The number of pyridine rings is 1. The number of cyclic esters (lactones) is 1. The van der Waals surface area contributed by atoms with E-state index in [1.165, 1.54) is 76.7 Å². The summed E-state index contributed by atoms with van der Waals surface area (Å²) in [5, 5.41) is 176. The molecule has 0 radical (unpaired) electrons. The number of hydrogen-bond acceptors (Lipinski definition) is 32. The molecule has 5 aliphatic rings. The largest absolute Gasteiger partial charge is 0.495 e. The summed E-state index contributed by atoms with van der Waals surface area (Å²) in [6.07, 6.45) is -2.81. The Bertz CT molecular complexity index is 4990. The molecule has 12 unspecified atom stereocenters. The van der Waals surface area contributed by atoms with Crippen LogP contribution in [0.2, 0.25) is 0 Å². The van der Waals surface area contributed by atoms with Gasteiger partial charge in [0.15, 0.2) is 11.9 Å². The maximum atomic E-state index is 15.1. The van der Waals surface area contributed by atoms with Crippen molar-refractivity contribution < 1.29 is 90.6 Å². The summed E-state index contributed by atoms with van der Waals surface area (Å²) in [5.74, 6) is -9.35. The van der Waals surface area contributed by atoms with Crippen molar-refractivity contribution in [1.82, 2.24) is 35.6 Å². The second kappa shape index (κ2) is 36.0. The quantitative estimate of drug-likeness (QED) is 0.0193. The van der Waals surface area contributed by atoms with Crippen molar-refractivity contribution in [3.05, 3.63) is 148 Å². The molecule has 5 aromatic heterocycles. The van der Waals surface area contributed by atoms with Gasteiger partial charge in [0.2, 0.25) is 47.2 Å². The lowest BCUT2D eigenvalue weighted by molar-refractivity contribution is -0.136. The lowest BCUT2D eigenvalue weighted by Crippen LogP contribution is -2.49. The molecule has 1 saturated heterocycles. The number of piperidine rings is 1. The number of carbonyl (C=O) groups is 2. The van der Waals surface area contributed by atoms with Gasteiger partial charge in [-0.2, -0.15) is 0 Å². The molecule has 0 spiro atoms. The minimum Gasteiger partial charge on any atom is -0.495 e. The van der Waals surface area contributed by atoms with E-state index in [-0.39, 0.29) is 99.7 Å². The second-order valence-corrected chi connectivity index (χ2v) is 32.4. The fraction of sp³-hybridized carbons (Fsp3) is 0.444. The summed E-state index contributed by atoms with van der Waals surface area (Å²) in [7, 11) is 1.08. The number of rotatable bonds is 11. The number of aliphatic hydroxyl groups is 14. The molecular weight excluding hydrogens is 1600 g/mol. The lowest BCUT2D eigenvalue weighted by atomic mass is 9.79. The Labute approximate surface area is 678 Å². The maximum Gasteiger partial charge on any atom is 0.357 e.